The minimum absolute atomic E-state index is 0.102. The molecule has 4 aliphatic rings. The molecule has 2 saturated carbocycles. The summed E-state index contributed by atoms with van der Waals surface area (Å²) >= 11 is 0. The minimum Gasteiger partial charge on any atom is -0.492 e. The number of aromatic amines is 1. The highest BCUT2D eigenvalue weighted by Crippen LogP contribution is 2.47. The van der Waals surface area contributed by atoms with Crippen LogP contribution in [0.3, 0.4) is 0 Å². The van der Waals surface area contributed by atoms with Gasteiger partial charge in [-0.05, 0) is 156 Å². The van der Waals surface area contributed by atoms with Gasteiger partial charge in [0.25, 0.3) is 5.91 Å². The van der Waals surface area contributed by atoms with Crippen molar-refractivity contribution >= 4 is 150 Å². The molecule has 2 saturated heterocycles. The van der Waals surface area contributed by atoms with Crippen molar-refractivity contribution < 1.29 is 101 Å². The van der Waals surface area contributed by atoms with Gasteiger partial charge in [-0.15, -0.1) is 0 Å². The molecule has 3 heterocycles. The molecule has 1 aromatic heterocycles. The molecule has 14 atom stereocenters. The number of benzene rings is 4. The van der Waals surface area contributed by atoms with Gasteiger partial charge in [0.05, 0.1) is 25.4 Å². The van der Waals surface area contributed by atoms with Crippen molar-refractivity contribution in [2.24, 2.45) is 46.4 Å². The fourth-order valence-corrected chi connectivity index (χ4v) is 20.8. The normalized spacial score (nSPS) is 22.7. The zero-order valence-corrected chi connectivity index (χ0v) is 82.0. The predicted molar refractivity (Wildman–Crippen MR) is 522 cm³/mol. The number of aromatic nitrogens is 1. The second kappa shape index (κ2) is 52.7. The number of carbonyl (C=O) groups excluding carboxylic acids is 18. The van der Waals surface area contributed by atoms with Crippen LogP contribution in [0.15, 0.2) is 97.2 Å². The fraction of sp³-hybridized carbons (Fsp3) is 0.562. The summed E-state index contributed by atoms with van der Waals surface area (Å²) in [4.78, 5) is 262. The second-order valence-electron chi connectivity index (χ2n) is 37.8. The Bertz CT molecular complexity index is 5240. The molecule has 140 heavy (non-hydrogen) atoms. The Morgan fingerprint density at radius 1 is 0.571 bits per heavy atom. The van der Waals surface area contributed by atoms with E-state index in [0.717, 1.165) is 66.5 Å². The Kier molecular flexibility index (Phi) is 41.8. The smallest absolute Gasteiger partial charge is 0.257 e. The second-order valence-corrected chi connectivity index (χ2v) is 41.2. The maximum Gasteiger partial charge on any atom is 0.257 e. The topological polar surface area (TPSA) is 672 Å². The van der Waals surface area contributed by atoms with Crippen LogP contribution in [-0.4, -0.2) is 243 Å². The minimum atomic E-state index is -2.02. The quantitative estimate of drug-likeness (QED) is 0.0103. The number of rotatable bonds is 41. The maximum absolute atomic E-state index is 16.3. The number of aliphatic hydroxyl groups is 1. The van der Waals surface area contributed by atoms with Gasteiger partial charge in [0, 0.05) is 111 Å². The summed E-state index contributed by atoms with van der Waals surface area (Å²) in [6.45, 7) is 11.8. The summed E-state index contributed by atoms with van der Waals surface area (Å²) in [6, 6.07) is 5.88. The number of unbranched alkanes of at least 4 members (excludes halogenated alkanes) is 1. The molecule has 18 amide bonds. The number of para-hydroxylation sites is 1. The van der Waals surface area contributed by atoms with E-state index in [-0.39, 0.29) is 89.8 Å². The summed E-state index contributed by atoms with van der Waals surface area (Å²) < 4.78 is 8.30. The highest BCUT2D eigenvalue weighted by molar-refractivity contribution is 8.77. The third-order valence-electron chi connectivity index (χ3n) is 25.8. The summed E-state index contributed by atoms with van der Waals surface area (Å²) in [7, 11) is 1.73. The van der Waals surface area contributed by atoms with E-state index < -0.39 is 227 Å². The van der Waals surface area contributed by atoms with Crippen LogP contribution in [0.4, 0.5) is 0 Å². The van der Waals surface area contributed by atoms with E-state index in [2.05, 4.69) is 91.9 Å². The number of hydrogen-bond acceptors (Lipinski definition) is 25. The third-order valence-corrected chi connectivity index (χ3v) is 30.0. The number of fused-ring (bicyclic) bond motifs is 2. The van der Waals surface area contributed by atoms with Gasteiger partial charge in [0.2, 0.25) is 100 Å². The number of primary amides is 4. The van der Waals surface area contributed by atoms with Crippen molar-refractivity contribution in [3.05, 3.63) is 114 Å². The summed E-state index contributed by atoms with van der Waals surface area (Å²) in [5, 5.41) is 47.6. The van der Waals surface area contributed by atoms with Gasteiger partial charge in [0.15, 0.2) is 0 Å². The molecule has 4 fully saturated rings. The predicted octanol–water partition coefficient (Wildman–Crippen LogP) is -0.368. The third kappa shape index (κ3) is 33.3. The number of carbonyl (C=O) groups is 18. The molecule has 2 aliphatic carbocycles. The molecule has 5 aromatic rings. The molecular formula is C96H137N21O21S2. The van der Waals surface area contributed by atoms with Crippen molar-refractivity contribution in [1.82, 2.24) is 85.0 Å². The van der Waals surface area contributed by atoms with Crippen LogP contribution in [-0.2, 0) is 110 Å². The fourth-order valence-electron chi connectivity index (χ4n) is 18.0. The largest absolute Gasteiger partial charge is 0.492 e. The summed E-state index contributed by atoms with van der Waals surface area (Å²) in [6.07, 6.45) is 3.94. The number of hydrazine groups is 1. The Balaban J connectivity index is 1.07. The van der Waals surface area contributed by atoms with Crippen LogP contribution in [0, 0.1) is 17.8 Å². The lowest BCUT2D eigenvalue weighted by Gasteiger charge is -2.39. The maximum atomic E-state index is 16.3. The molecule has 764 valence electrons. The van der Waals surface area contributed by atoms with Crippen molar-refractivity contribution in [1.29, 1.82) is 0 Å². The van der Waals surface area contributed by atoms with Crippen LogP contribution in [0.1, 0.15) is 194 Å². The van der Waals surface area contributed by atoms with E-state index in [9.17, 15) is 57.8 Å². The first-order chi connectivity index (χ1) is 66.4. The van der Waals surface area contributed by atoms with Crippen LogP contribution in [0.5, 0.6) is 5.75 Å². The molecule has 0 spiro atoms. The zero-order valence-electron chi connectivity index (χ0n) is 80.4. The highest BCUT2D eigenvalue weighted by Gasteiger charge is 2.49. The number of nitrogens with two attached hydrogens (primary N) is 5. The van der Waals surface area contributed by atoms with Crippen molar-refractivity contribution in [2.45, 2.75) is 290 Å². The molecule has 42 nitrogen and oxygen atoms in total. The van der Waals surface area contributed by atoms with E-state index in [4.69, 9.17) is 38.1 Å². The van der Waals surface area contributed by atoms with Crippen LogP contribution in [0.2, 0.25) is 0 Å². The monoisotopic (exact) mass is 1980 g/mol. The molecule has 27 N–H and O–H groups in total. The Morgan fingerprint density at radius 3 is 1.81 bits per heavy atom. The SMILES string of the molecule is CC(=O)NCCCCC(NC(=O)C1(NC(=O)C(Cc2ccc3ccccc3c2)NC(=O)C(Cc2ccc(OCCN)cc2)NC(=O)C2NC(=O)C(CCC(N)=O)NC(=O)C(Cc3c[nH]c4ccccc34)NC(=O)C(C(C)O)NC(=O)C(CC(N)=O)NC(=O)C(NC(C)=O)C(C)(C)SSC2(C)C)CCOCC1)C(=O)NC(CC(N)=O)C(=O)NC(CC(N)=O)C(=O)NNC1CCC(C2CCCCC[C@H]2C)CC1. The van der Waals surface area contributed by atoms with Gasteiger partial charge in [-0.3, -0.25) is 91.7 Å². The van der Waals surface area contributed by atoms with Gasteiger partial charge >= 0.3 is 0 Å². The van der Waals surface area contributed by atoms with Gasteiger partial charge in [-0.2, -0.15) is 0 Å². The van der Waals surface area contributed by atoms with Crippen LogP contribution < -0.4 is 113 Å². The molecular weight excluding hydrogens is 1850 g/mol. The molecule has 4 aromatic carbocycles. The number of hydrogen-bond donors (Lipinski definition) is 22. The number of nitrogens with one attached hydrogen (secondary N) is 16. The average Bonchev–Trinajstić information content (AvgIpc) is 0.909. The van der Waals surface area contributed by atoms with Crippen molar-refractivity contribution in [2.75, 3.05) is 32.9 Å². The molecule has 2 aliphatic heterocycles. The lowest BCUT2D eigenvalue weighted by atomic mass is 9.72. The number of H-pyrrole nitrogens is 1. The first-order valence-electron chi connectivity index (χ1n) is 47.6. The Labute approximate surface area is 820 Å². The first-order valence-corrected chi connectivity index (χ1v) is 49.7. The van der Waals surface area contributed by atoms with E-state index in [1.54, 1.807) is 79.0 Å². The van der Waals surface area contributed by atoms with Gasteiger partial charge in [-0.25, -0.2) is 5.43 Å². The van der Waals surface area contributed by atoms with Gasteiger partial charge < -0.3 is 117 Å². The molecule has 0 radical (unpaired) electrons. The zero-order chi connectivity index (χ0) is 102. The van der Waals surface area contributed by atoms with Crippen molar-refractivity contribution in [3.8, 4) is 5.75 Å². The Morgan fingerprint density at radius 2 is 1.16 bits per heavy atom. The molecule has 9 rings (SSSR count). The first kappa shape index (κ1) is 111. The standard InChI is InChI=1S/C96H137N21O21S2/c1-52-18-10-9-11-21-64(52)59-29-31-62(32-30-59)116-117-89(132)74(50-78(101)124)108-86(129)72(48-76(99)122)107-82(125)67(24-16-17-40-102-54(3)119)112-93(136)96(37-41-137-42-38-96)115-88(131)70(46-57-25-28-58-19-12-13-20-60(58)44-57)106-84(127)69(45-56-26-33-63(34-27-56)138-43-39-97)110-92(135)81-95(7,8)140-139-94(5,6)80(104-55(4)120)91(134)111-73(49-77(100)123)87(130)113-79(53(2)118)90(133)109-71(47-61-51-103-66-23-15-14-22-65(61)66)85(128)105-68(83(126)114-81)35-36-75(98)121/h12-15,19-20,22-23,25-28,33-34,44,51-53,59,62,64,67-74,79-81,103,116,118H,9-11,16-18,21,24,29-32,35-43,45-50,97H2,1-8H3,(H2,98,121)(H2,99,122)(H2,100,123)(H2,101,124)(H,102,119)(H,104,120)(H,105,128)(H,106,127)(H,107,125)(H,108,129)(H,109,133)(H,110,135)(H,111,134)(H,112,136)(H,113,130)(H,114,126)(H,115,131)(H,117,132)/t52-,53?,59?,62?,64?,67?,68?,69?,70?,71?,72?,73?,74?,79?,80?,81?/m1/s1. The van der Waals surface area contributed by atoms with Crippen LogP contribution in [0.25, 0.3) is 21.7 Å². The van der Waals surface area contributed by atoms with E-state index >= 15 is 33.6 Å². The lowest BCUT2D eigenvalue weighted by Crippen LogP contribution is -2.67. The molecule has 44 heteroatoms. The number of ether oxygens (including phenoxy) is 2. The molecule has 0 bridgehead atoms. The van der Waals surface area contributed by atoms with Crippen molar-refractivity contribution in [3.63, 3.8) is 0 Å². The van der Waals surface area contributed by atoms with Gasteiger partial charge in [-0.1, -0.05) is 127 Å². The highest BCUT2D eigenvalue weighted by atomic mass is 33.1. The van der Waals surface area contributed by atoms with E-state index in [1.807, 2.05) is 18.2 Å². The van der Waals surface area contributed by atoms with Crippen LogP contribution >= 0.6 is 21.6 Å². The van der Waals surface area contributed by atoms with Gasteiger partial charge in [0.1, 0.15) is 84.4 Å². The summed E-state index contributed by atoms with van der Waals surface area (Å²) in [5.41, 5.74) is 34.1. The molecule has 13 unspecified atom stereocenters. The number of aliphatic hydroxyl groups excluding tert-OH is 1. The Hall–Kier alpha value is -12.5. The average molecular weight is 1990 g/mol. The van der Waals surface area contributed by atoms with E-state index in [1.165, 1.54) is 66.7 Å². The van der Waals surface area contributed by atoms with E-state index in [0.29, 0.717) is 56.5 Å². The summed E-state index contributed by atoms with van der Waals surface area (Å²) in [5.74, 6) is -16.2. The lowest BCUT2D eigenvalue weighted by molar-refractivity contribution is -0.141. The number of amides is 18.